The number of rotatable bonds is 6. The topological polar surface area (TPSA) is 49.3 Å². The van der Waals surface area contributed by atoms with Crippen molar-refractivity contribution in [2.45, 2.75) is 92.4 Å². The summed E-state index contributed by atoms with van der Waals surface area (Å²) in [6.07, 6.45) is 3.29. The van der Waals surface area contributed by atoms with Crippen molar-refractivity contribution >= 4 is 5.91 Å². The van der Waals surface area contributed by atoms with Gasteiger partial charge < -0.3 is 10.4 Å². The molecular formula is C22H39NO2. The molecule has 1 aromatic rings. The first-order valence-electron chi connectivity index (χ1n) is 9.10. The molecule has 3 nitrogen and oxygen atoms in total. The summed E-state index contributed by atoms with van der Waals surface area (Å²) < 4.78 is 0. The van der Waals surface area contributed by atoms with Crippen molar-refractivity contribution in [1.29, 1.82) is 0 Å². The average molecular weight is 350 g/mol. The Kier molecular flexibility index (Phi) is 8.70. The van der Waals surface area contributed by atoms with Crippen molar-refractivity contribution in [3.8, 4) is 5.75 Å². The van der Waals surface area contributed by atoms with Gasteiger partial charge >= 0.3 is 0 Å². The molecule has 1 rings (SSSR count). The smallest absolute Gasteiger partial charge is 0.220 e. The lowest BCUT2D eigenvalue weighted by Gasteiger charge is -2.28. The maximum Gasteiger partial charge on any atom is 0.220 e. The van der Waals surface area contributed by atoms with E-state index < -0.39 is 0 Å². The van der Waals surface area contributed by atoms with E-state index in [0.717, 1.165) is 36.1 Å². The molecule has 0 fully saturated rings. The highest BCUT2D eigenvalue weighted by Crippen LogP contribution is 2.39. The average Bonchev–Trinajstić information content (AvgIpc) is 2.44. The Morgan fingerprint density at radius 3 is 1.92 bits per heavy atom. The lowest BCUT2D eigenvalue weighted by atomic mass is 9.78. The van der Waals surface area contributed by atoms with Crippen molar-refractivity contribution in [3.63, 3.8) is 0 Å². The molecular weight excluding hydrogens is 310 g/mol. The van der Waals surface area contributed by atoms with Gasteiger partial charge in [-0.05, 0) is 40.4 Å². The highest BCUT2D eigenvalue weighted by molar-refractivity contribution is 5.76. The first-order valence-corrected chi connectivity index (χ1v) is 9.10. The molecule has 144 valence electrons. The second kappa shape index (κ2) is 9.26. The Balaban J connectivity index is 0.00000576. The van der Waals surface area contributed by atoms with Gasteiger partial charge in [0.1, 0.15) is 5.75 Å². The molecule has 3 heteroatoms. The molecule has 0 aliphatic rings. The van der Waals surface area contributed by atoms with Crippen LogP contribution in [0.3, 0.4) is 0 Å². The Morgan fingerprint density at radius 2 is 1.52 bits per heavy atom. The number of carbonyl (C=O) groups is 1. The van der Waals surface area contributed by atoms with Gasteiger partial charge in [-0.1, -0.05) is 74.4 Å². The summed E-state index contributed by atoms with van der Waals surface area (Å²) in [5.41, 5.74) is 2.76. The quantitative estimate of drug-likeness (QED) is 0.669. The van der Waals surface area contributed by atoms with Crippen molar-refractivity contribution in [1.82, 2.24) is 5.32 Å². The molecule has 0 bridgehead atoms. The first kappa shape index (κ1) is 23.5. The number of phenolic OH excluding ortho intramolecular Hbond substituents is 1. The van der Waals surface area contributed by atoms with Gasteiger partial charge in [0.05, 0.1) is 0 Å². The molecule has 0 saturated heterocycles. The molecule has 0 unspecified atom stereocenters. The summed E-state index contributed by atoms with van der Waals surface area (Å²) in [7, 11) is 0. The van der Waals surface area contributed by atoms with Crippen LogP contribution in [0, 0.1) is 0 Å². The Hall–Kier alpha value is -1.51. The number of phenols is 1. The van der Waals surface area contributed by atoms with Gasteiger partial charge in [-0.3, -0.25) is 4.79 Å². The van der Waals surface area contributed by atoms with Crippen LogP contribution in [0.5, 0.6) is 5.75 Å². The van der Waals surface area contributed by atoms with Gasteiger partial charge in [0, 0.05) is 13.0 Å². The highest BCUT2D eigenvalue weighted by atomic mass is 16.3. The van der Waals surface area contributed by atoms with Crippen LogP contribution < -0.4 is 5.32 Å². The van der Waals surface area contributed by atoms with Crippen molar-refractivity contribution in [3.05, 3.63) is 28.8 Å². The van der Waals surface area contributed by atoms with Crippen molar-refractivity contribution in [2.75, 3.05) is 6.54 Å². The first-order chi connectivity index (χ1) is 11.0. The minimum Gasteiger partial charge on any atom is -0.507 e. The number of unbranched alkanes of at least 4 members (excludes halogenated alkanes) is 1. The van der Waals surface area contributed by atoms with E-state index in [1.54, 1.807) is 0 Å². The van der Waals surface area contributed by atoms with Gasteiger partial charge in [0.2, 0.25) is 5.91 Å². The fourth-order valence-electron chi connectivity index (χ4n) is 2.73. The third kappa shape index (κ3) is 7.09. The van der Waals surface area contributed by atoms with Crippen molar-refractivity contribution < 1.29 is 9.90 Å². The molecule has 0 heterocycles. The summed E-state index contributed by atoms with van der Waals surface area (Å²) >= 11 is 0. The maximum atomic E-state index is 12.0. The molecule has 0 aliphatic carbocycles. The Labute approximate surface area is 155 Å². The molecule has 0 spiro atoms. The molecule has 2 N–H and O–H groups in total. The zero-order chi connectivity index (χ0) is 18.5. The van der Waals surface area contributed by atoms with E-state index in [1.807, 2.05) is 0 Å². The number of aryl methyl sites for hydroxylation is 1. The standard InChI is InChI=1S/C21H35NO2.CH4/c1-8-9-12-22-18(23)11-10-15-13-16(20(2,3)4)19(24)17(14-15)21(5,6)7;/h13-14,24H,8-12H2,1-7H3,(H,22,23);1H4. The fraction of sp³-hybridized carbons (Fsp3) is 0.682. The minimum atomic E-state index is -0.135. The number of aromatic hydroxyl groups is 1. The largest absolute Gasteiger partial charge is 0.507 e. The van der Waals surface area contributed by atoms with Crippen LogP contribution in [0.25, 0.3) is 0 Å². The number of nitrogens with one attached hydrogen (secondary N) is 1. The molecule has 25 heavy (non-hydrogen) atoms. The van der Waals surface area contributed by atoms with Gasteiger partial charge in [0.15, 0.2) is 0 Å². The molecule has 0 saturated carbocycles. The second-order valence-electron chi connectivity index (χ2n) is 8.74. The summed E-state index contributed by atoms with van der Waals surface area (Å²) in [6, 6.07) is 4.12. The molecule has 0 aromatic heterocycles. The van der Waals surface area contributed by atoms with Crippen LogP contribution in [-0.2, 0) is 22.0 Å². The fourth-order valence-corrected chi connectivity index (χ4v) is 2.73. The highest BCUT2D eigenvalue weighted by Gasteiger charge is 2.26. The molecule has 0 aliphatic heterocycles. The van der Waals surface area contributed by atoms with E-state index in [1.165, 1.54) is 0 Å². The number of hydrogen-bond donors (Lipinski definition) is 2. The monoisotopic (exact) mass is 349 g/mol. The lowest BCUT2D eigenvalue weighted by molar-refractivity contribution is -0.121. The third-order valence-electron chi connectivity index (χ3n) is 4.28. The zero-order valence-corrected chi connectivity index (χ0v) is 16.5. The predicted molar refractivity (Wildman–Crippen MR) is 108 cm³/mol. The predicted octanol–water partition coefficient (Wildman–Crippen LogP) is 5.47. The second-order valence-corrected chi connectivity index (χ2v) is 8.74. The molecule has 1 amide bonds. The van der Waals surface area contributed by atoms with E-state index in [0.29, 0.717) is 18.6 Å². The number of benzene rings is 1. The van der Waals surface area contributed by atoms with Crippen LogP contribution in [0.2, 0.25) is 0 Å². The Morgan fingerprint density at radius 1 is 1.04 bits per heavy atom. The summed E-state index contributed by atoms with van der Waals surface area (Å²) in [5.74, 6) is 0.497. The van der Waals surface area contributed by atoms with Crippen LogP contribution in [0.1, 0.15) is 91.8 Å². The van der Waals surface area contributed by atoms with Gasteiger partial charge in [-0.2, -0.15) is 0 Å². The van der Waals surface area contributed by atoms with Crippen LogP contribution >= 0.6 is 0 Å². The molecule has 0 atom stereocenters. The lowest BCUT2D eigenvalue weighted by Crippen LogP contribution is -2.24. The van der Waals surface area contributed by atoms with E-state index in [9.17, 15) is 9.90 Å². The van der Waals surface area contributed by atoms with E-state index >= 15 is 0 Å². The third-order valence-corrected chi connectivity index (χ3v) is 4.28. The summed E-state index contributed by atoms with van der Waals surface area (Å²) in [5, 5.41) is 13.7. The van der Waals surface area contributed by atoms with Crippen LogP contribution in [0.4, 0.5) is 0 Å². The number of carbonyl (C=O) groups excluding carboxylic acids is 1. The summed E-state index contributed by atoms with van der Waals surface area (Å²) in [4.78, 5) is 12.0. The van der Waals surface area contributed by atoms with E-state index in [-0.39, 0.29) is 24.2 Å². The zero-order valence-electron chi connectivity index (χ0n) is 16.5. The van der Waals surface area contributed by atoms with Crippen LogP contribution in [0.15, 0.2) is 12.1 Å². The SMILES string of the molecule is C.CCCCNC(=O)CCc1cc(C(C)(C)C)c(O)c(C(C)(C)C)c1. The van der Waals surface area contributed by atoms with E-state index in [4.69, 9.17) is 0 Å². The van der Waals surface area contributed by atoms with Crippen LogP contribution in [-0.4, -0.2) is 17.6 Å². The summed E-state index contributed by atoms with van der Waals surface area (Å²) in [6.45, 7) is 15.5. The number of hydrogen-bond acceptors (Lipinski definition) is 2. The van der Waals surface area contributed by atoms with Gasteiger partial charge in [-0.15, -0.1) is 0 Å². The van der Waals surface area contributed by atoms with E-state index in [2.05, 4.69) is 65.9 Å². The van der Waals surface area contributed by atoms with Gasteiger partial charge in [-0.25, -0.2) is 0 Å². The van der Waals surface area contributed by atoms with Gasteiger partial charge in [0.25, 0.3) is 0 Å². The molecule has 1 aromatic carbocycles. The Bertz CT molecular complexity index is 527. The molecule has 0 radical (unpaired) electrons. The normalized spacial score (nSPS) is 11.8. The van der Waals surface area contributed by atoms with Crippen molar-refractivity contribution in [2.24, 2.45) is 0 Å². The maximum absolute atomic E-state index is 12.0. The minimum absolute atomic E-state index is 0. The number of amides is 1.